The summed E-state index contributed by atoms with van der Waals surface area (Å²) in [7, 11) is 1.33. The van der Waals surface area contributed by atoms with Crippen LogP contribution in [-0.2, 0) is 11.3 Å². The number of anilines is 1. The van der Waals surface area contributed by atoms with E-state index >= 15 is 0 Å². The van der Waals surface area contributed by atoms with E-state index < -0.39 is 5.97 Å². The molecule has 1 rings (SSSR count). The van der Waals surface area contributed by atoms with E-state index in [0.717, 1.165) is 5.57 Å². The Morgan fingerprint density at radius 1 is 1.73 bits per heavy atom. The Balaban J connectivity index is 3.01. The lowest BCUT2D eigenvalue weighted by molar-refractivity contribution is 0.0589. The average Bonchev–Trinajstić information content (AvgIpc) is 2.58. The minimum absolute atomic E-state index is 0.408. The van der Waals surface area contributed by atoms with Gasteiger partial charge in [-0.3, -0.25) is 0 Å². The van der Waals surface area contributed by atoms with E-state index in [1.54, 1.807) is 16.8 Å². The molecule has 4 nitrogen and oxygen atoms in total. The van der Waals surface area contributed by atoms with Gasteiger partial charge in [0, 0.05) is 18.3 Å². The molecule has 1 aromatic heterocycles. The first-order chi connectivity index (χ1) is 7.08. The van der Waals surface area contributed by atoms with Gasteiger partial charge in [-0.2, -0.15) is 0 Å². The summed E-state index contributed by atoms with van der Waals surface area (Å²) in [5.74, 6) is -0.408. The van der Waals surface area contributed by atoms with Crippen LogP contribution in [0, 0.1) is 0 Å². The molecule has 0 aromatic carbocycles. The van der Waals surface area contributed by atoms with Crippen molar-refractivity contribution in [3.05, 3.63) is 29.1 Å². The number of hydrogen-bond donors (Lipinski definition) is 1. The maximum absolute atomic E-state index is 11.4. The zero-order valence-electron chi connectivity index (χ0n) is 8.66. The topological polar surface area (TPSA) is 57.2 Å². The van der Waals surface area contributed by atoms with E-state index in [9.17, 15) is 4.79 Å². The second kappa shape index (κ2) is 4.89. The van der Waals surface area contributed by atoms with E-state index in [-0.39, 0.29) is 0 Å². The summed E-state index contributed by atoms with van der Waals surface area (Å²) in [6.45, 7) is 2.38. The van der Waals surface area contributed by atoms with E-state index in [1.165, 1.54) is 12.6 Å². The number of nitrogens with zero attached hydrogens (tertiary/aromatic N) is 1. The fourth-order valence-electron chi connectivity index (χ4n) is 1.24. The molecule has 0 unspecified atom stereocenters. The fraction of sp³-hybridized carbons (Fsp3) is 0.300. The maximum atomic E-state index is 11.4. The zero-order valence-corrected chi connectivity index (χ0v) is 9.41. The Hall–Kier alpha value is -1.42. The predicted octanol–water partition coefficient (Wildman–Crippen LogP) is 2.00. The number of nitrogen functional groups attached to an aromatic ring is 1. The summed E-state index contributed by atoms with van der Waals surface area (Å²) in [4.78, 5) is 11.4. The quantitative estimate of drug-likeness (QED) is 0.805. The minimum Gasteiger partial charge on any atom is -0.464 e. The molecule has 0 saturated heterocycles. The van der Waals surface area contributed by atoms with Crippen LogP contribution in [0.5, 0.6) is 0 Å². The second-order valence-electron chi connectivity index (χ2n) is 3.23. The van der Waals surface area contributed by atoms with Gasteiger partial charge in [0.05, 0.1) is 12.8 Å². The minimum atomic E-state index is -0.408. The maximum Gasteiger partial charge on any atom is 0.354 e. The third-order valence-electron chi connectivity index (χ3n) is 1.92. The van der Waals surface area contributed by atoms with Crippen LogP contribution in [0.2, 0.25) is 0 Å². The first-order valence-electron chi connectivity index (χ1n) is 4.38. The van der Waals surface area contributed by atoms with Crippen LogP contribution in [0.4, 0.5) is 5.69 Å². The monoisotopic (exact) mass is 228 g/mol. The van der Waals surface area contributed by atoms with Crippen LogP contribution >= 0.6 is 11.6 Å². The highest BCUT2D eigenvalue weighted by molar-refractivity contribution is 6.25. The summed E-state index contributed by atoms with van der Waals surface area (Å²) in [6, 6.07) is 1.58. The molecule has 0 aliphatic carbocycles. The number of allylic oxidation sites excluding steroid dienone is 1. The molecule has 0 amide bonds. The second-order valence-corrected chi connectivity index (χ2v) is 3.45. The number of aromatic nitrogens is 1. The normalized spacial score (nSPS) is 11.5. The predicted molar refractivity (Wildman–Crippen MR) is 59.8 cm³/mol. The third kappa shape index (κ3) is 2.76. The van der Waals surface area contributed by atoms with Gasteiger partial charge in [-0.1, -0.05) is 11.6 Å². The van der Waals surface area contributed by atoms with Crippen molar-refractivity contribution < 1.29 is 9.53 Å². The first-order valence-corrected chi connectivity index (χ1v) is 4.82. The molecule has 5 heteroatoms. The average molecular weight is 229 g/mol. The zero-order chi connectivity index (χ0) is 11.4. The molecule has 0 bridgehead atoms. The van der Waals surface area contributed by atoms with Gasteiger partial charge < -0.3 is 15.0 Å². The van der Waals surface area contributed by atoms with Crippen LogP contribution < -0.4 is 5.73 Å². The van der Waals surface area contributed by atoms with Crippen molar-refractivity contribution in [3.8, 4) is 0 Å². The molecule has 0 spiro atoms. The summed E-state index contributed by atoms with van der Waals surface area (Å²) in [5.41, 5.74) is 8.96. The summed E-state index contributed by atoms with van der Waals surface area (Å²) < 4.78 is 6.34. The van der Waals surface area contributed by atoms with Crippen molar-refractivity contribution in [2.45, 2.75) is 13.5 Å². The van der Waals surface area contributed by atoms with Crippen molar-refractivity contribution in [2.75, 3.05) is 12.8 Å². The molecule has 0 atom stereocenters. The Morgan fingerprint density at radius 2 is 2.40 bits per heavy atom. The summed E-state index contributed by atoms with van der Waals surface area (Å²) in [6.07, 6.45) is 1.68. The highest BCUT2D eigenvalue weighted by atomic mass is 35.5. The van der Waals surface area contributed by atoms with Crippen molar-refractivity contribution in [2.24, 2.45) is 0 Å². The van der Waals surface area contributed by atoms with Crippen LogP contribution in [0.3, 0.4) is 0 Å². The van der Waals surface area contributed by atoms with Gasteiger partial charge in [-0.05, 0) is 18.6 Å². The van der Waals surface area contributed by atoms with E-state index in [4.69, 9.17) is 17.3 Å². The van der Waals surface area contributed by atoms with Crippen molar-refractivity contribution >= 4 is 23.3 Å². The summed E-state index contributed by atoms with van der Waals surface area (Å²) in [5, 5.41) is 0. The Bertz CT molecular complexity index is 396. The van der Waals surface area contributed by atoms with Crippen molar-refractivity contribution in [1.29, 1.82) is 0 Å². The van der Waals surface area contributed by atoms with Crippen molar-refractivity contribution in [1.82, 2.24) is 4.57 Å². The fourth-order valence-corrected chi connectivity index (χ4v) is 1.31. The molecule has 0 saturated carbocycles. The highest BCUT2D eigenvalue weighted by Crippen LogP contribution is 2.14. The summed E-state index contributed by atoms with van der Waals surface area (Å²) >= 11 is 5.55. The third-order valence-corrected chi connectivity index (χ3v) is 2.29. The number of rotatable bonds is 3. The lowest BCUT2D eigenvalue weighted by atomic mass is 10.3. The van der Waals surface area contributed by atoms with Gasteiger partial charge in [0.1, 0.15) is 5.69 Å². The largest absolute Gasteiger partial charge is 0.464 e. The molecule has 0 radical (unpaired) electrons. The van der Waals surface area contributed by atoms with E-state index in [2.05, 4.69) is 4.74 Å². The van der Waals surface area contributed by atoms with Gasteiger partial charge in [-0.25, -0.2) is 4.79 Å². The molecule has 1 heterocycles. The number of hydrogen-bond acceptors (Lipinski definition) is 3. The molecule has 15 heavy (non-hydrogen) atoms. The Kier molecular flexibility index (Phi) is 3.80. The molecule has 0 aliphatic heterocycles. The number of carbonyl (C=O) groups excluding carboxylic acids is 1. The Labute approximate surface area is 93.3 Å². The molecule has 82 valence electrons. The van der Waals surface area contributed by atoms with Gasteiger partial charge >= 0.3 is 5.97 Å². The number of carbonyl (C=O) groups is 1. The smallest absolute Gasteiger partial charge is 0.354 e. The van der Waals surface area contributed by atoms with Gasteiger partial charge in [0.2, 0.25) is 0 Å². The Morgan fingerprint density at radius 3 is 2.93 bits per heavy atom. The van der Waals surface area contributed by atoms with E-state index in [0.29, 0.717) is 17.9 Å². The molecule has 0 aliphatic rings. The molecule has 1 aromatic rings. The SMILES string of the molecule is COC(=O)c1cc(N)cn1C/C(C)=C/Cl. The van der Waals surface area contributed by atoms with Crippen LogP contribution in [0.25, 0.3) is 0 Å². The van der Waals surface area contributed by atoms with E-state index in [1.807, 2.05) is 6.92 Å². The van der Waals surface area contributed by atoms with Gasteiger partial charge in [0.15, 0.2) is 0 Å². The van der Waals surface area contributed by atoms with Gasteiger partial charge in [0.25, 0.3) is 0 Å². The highest BCUT2D eigenvalue weighted by Gasteiger charge is 2.12. The molecule has 2 N–H and O–H groups in total. The standard InChI is InChI=1S/C10H13ClN2O2/c1-7(4-11)5-13-6-8(12)3-9(13)10(14)15-2/h3-4,6H,5,12H2,1-2H3/b7-4+. The molecular formula is C10H13ClN2O2. The molecular weight excluding hydrogens is 216 g/mol. The van der Waals surface area contributed by atoms with Crippen LogP contribution in [-0.4, -0.2) is 17.6 Å². The number of nitrogens with two attached hydrogens (primary N) is 1. The van der Waals surface area contributed by atoms with Crippen molar-refractivity contribution in [3.63, 3.8) is 0 Å². The molecule has 0 fully saturated rings. The lowest BCUT2D eigenvalue weighted by Crippen LogP contribution is -2.10. The number of methoxy groups -OCH3 is 1. The van der Waals surface area contributed by atoms with Crippen LogP contribution in [0.1, 0.15) is 17.4 Å². The van der Waals surface area contributed by atoms with Gasteiger partial charge in [-0.15, -0.1) is 0 Å². The van der Waals surface area contributed by atoms with Crippen LogP contribution in [0.15, 0.2) is 23.4 Å². The first kappa shape index (κ1) is 11.7. The number of ether oxygens (including phenoxy) is 1. The lowest BCUT2D eigenvalue weighted by Gasteiger charge is -2.06. The number of halogens is 1. The number of esters is 1.